The van der Waals surface area contributed by atoms with Gasteiger partial charge in [0.1, 0.15) is 5.75 Å². The van der Waals surface area contributed by atoms with Crippen molar-refractivity contribution in [1.29, 1.82) is 0 Å². The molecule has 0 bridgehead atoms. The molecular weight excluding hydrogens is 369 g/mol. The normalized spacial score (nSPS) is 18.3. The standard InChI is InChI=1S/C21H25F3N2O2/c1-4-5-11-28-15-10-9-14-7-6-8-16(17(14)12-15)19(21(22,23)24)26-20(2,3)13-18(27)25-26/h6-10,12,19H,4-5,11,13H2,1-3H3,(H,25,27)/t19-/m0/s1. The smallest absolute Gasteiger partial charge is 0.409 e. The number of rotatable bonds is 6. The van der Waals surface area contributed by atoms with Crippen molar-refractivity contribution in [1.82, 2.24) is 10.4 Å². The molecule has 3 rings (SSSR count). The Morgan fingerprint density at radius 3 is 2.61 bits per heavy atom. The van der Waals surface area contributed by atoms with Gasteiger partial charge >= 0.3 is 6.18 Å². The third-order valence-corrected chi connectivity index (χ3v) is 5.01. The quantitative estimate of drug-likeness (QED) is 0.690. The van der Waals surface area contributed by atoms with E-state index in [2.05, 4.69) is 5.43 Å². The summed E-state index contributed by atoms with van der Waals surface area (Å²) >= 11 is 0. The third-order valence-electron chi connectivity index (χ3n) is 5.01. The van der Waals surface area contributed by atoms with Crippen LogP contribution in [-0.2, 0) is 4.79 Å². The highest BCUT2D eigenvalue weighted by molar-refractivity contribution is 5.88. The molecule has 0 unspecified atom stereocenters. The van der Waals surface area contributed by atoms with Crippen molar-refractivity contribution in [3.05, 3.63) is 42.0 Å². The van der Waals surface area contributed by atoms with Crippen LogP contribution in [0.2, 0.25) is 0 Å². The predicted octanol–water partition coefficient (Wildman–Crippen LogP) is 5.14. The largest absolute Gasteiger partial charge is 0.494 e. The fraction of sp³-hybridized carbons (Fsp3) is 0.476. The summed E-state index contributed by atoms with van der Waals surface area (Å²) in [4.78, 5) is 11.9. The van der Waals surface area contributed by atoms with E-state index in [0.717, 1.165) is 17.9 Å². The second kappa shape index (κ2) is 7.62. The number of alkyl halides is 3. The lowest BCUT2D eigenvalue weighted by Crippen LogP contribution is -2.51. The summed E-state index contributed by atoms with van der Waals surface area (Å²) in [5, 5.41) is 2.20. The second-order valence-electron chi connectivity index (χ2n) is 7.77. The summed E-state index contributed by atoms with van der Waals surface area (Å²) in [6.07, 6.45) is -2.71. The van der Waals surface area contributed by atoms with E-state index in [1.54, 1.807) is 44.2 Å². The molecule has 1 atom stereocenters. The zero-order chi connectivity index (χ0) is 20.5. The van der Waals surface area contributed by atoms with E-state index in [9.17, 15) is 18.0 Å². The number of fused-ring (bicyclic) bond motifs is 1. The molecule has 1 aliphatic heterocycles. The number of halogens is 3. The molecule has 1 amide bonds. The lowest BCUT2D eigenvalue weighted by atomic mass is 9.93. The Kier molecular flexibility index (Phi) is 5.57. The zero-order valence-corrected chi connectivity index (χ0v) is 16.3. The van der Waals surface area contributed by atoms with Gasteiger partial charge < -0.3 is 4.74 Å². The molecule has 1 N–H and O–H groups in total. The first kappa shape index (κ1) is 20.5. The number of hydrazine groups is 1. The van der Waals surface area contributed by atoms with Gasteiger partial charge in [0.2, 0.25) is 5.91 Å². The van der Waals surface area contributed by atoms with E-state index >= 15 is 0 Å². The number of carbonyl (C=O) groups is 1. The Morgan fingerprint density at radius 1 is 1.25 bits per heavy atom. The molecule has 28 heavy (non-hydrogen) atoms. The van der Waals surface area contributed by atoms with Gasteiger partial charge in [-0.05, 0) is 48.7 Å². The van der Waals surface area contributed by atoms with E-state index in [1.165, 1.54) is 6.07 Å². The molecule has 1 fully saturated rings. The maximum atomic E-state index is 14.2. The molecule has 152 valence electrons. The van der Waals surface area contributed by atoms with Gasteiger partial charge in [-0.15, -0.1) is 0 Å². The Labute approximate surface area is 162 Å². The number of carbonyl (C=O) groups excluding carboxylic acids is 1. The minimum atomic E-state index is -4.57. The molecule has 7 heteroatoms. The molecule has 4 nitrogen and oxygen atoms in total. The molecule has 1 heterocycles. The molecule has 0 aromatic heterocycles. The van der Waals surface area contributed by atoms with Crippen LogP contribution in [0.15, 0.2) is 36.4 Å². The second-order valence-corrected chi connectivity index (χ2v) is 7.77. The topological polar surface area (TPSA) is 41.6 Å². The molecule has 2 aromatic carbocycles. The summed E-state index contributed by atoms with van der Waals surface area (Å²) in [6, 6.07) is 8.09. The van der Waals surface area contributed by atoms with E-state index in [1.807, 2.05) is 6.92 Å². The summed E-state index contributed by atoms with van der Waals surface area (Å²) in [5.74, 6) is 0.127. The maximum Gasteiger partial charge on any atom is 0.409 e. The van der Waals surface area contributed by atoms with Crippen LogP contribution in [0.5, 0.6) is 5.75 Å². The number of amides is 1. The average molecular weight is 394 g/mol. The van der Waals surface area contributed by atoms with E-state index in [4.69, 9.17) is 4.74 Å². The number of hydrogen-bond acceptors (Lipinski definition) is 3. The molecule has 0 saturated carbocycles. The Balaban J connectivity index is 2.09. The molecule has 0 radical (unpaired) electrons. The zero-order valence-electron chi connectivity index (χ0n) is 16.3. The molecule has 0 spiro atoms. The van der Waals surface area contributed by atoms with Gasteiger partial charge in [0.25, 0.3) is 0 Å². The first-order valence-corrected chi connectivity index (χ1v) is 9.44. The van der Waals surface area contributed by atoms with E-state index in [-0.39, 0.29) is 12.0 Å². The number of benzene rings is 2. The van der Waals surface area contributed by atoms with E-state index in [0.29, 0.717) is 23.1 Å². The minimum absolute atomic E-state index is 0.00965. The van der Waals surface area contributed by atoms with Gasteiger partial charge in [-0.25, -0.2) is 0 Å². The Bertz CT molecular complexity index is 864. The van der Waals surface area contributed by atoms with Crippen molar-refractivity contribution in [2.45, 2.75) is 57.8 Å². The van der Waals surface area contributed by atoms with Crippen LogP contribution in [0.25, 0.3) is 10.8 Å². The average Bonchev–Trinajstić information content (AvgIpc) is 2.86. The van der Waals surface area contributed by atoms with Crippen molar-refractivity contribution in [3.8, 4) is 5.75 Å². The highest BCUT2D eigenvalue weighted by Crippen LogP contribution is 2.45. The van der Waals surface area contributed by atoms with Gasteiger partial charge in [0.15, 0.2) is 6.04 Å². The van der Waals surface area contributed by atoms with Gasteiger partial charge in [-0.2, -0.15) is 18.2 Å². The van der Waals surface area contributed by atoms with Crippen molar-refractivity contribution in [2.75, 3.05) is 6.61 Å². The minimum Gasteiger partial charge on any atom is -0.494 e. The molecule has 0 aliphatic carbocycles. The third kappa shape index (κ3) is 4.09. The van der Waals surface area contributed by atoms with Crippen LogP contribution in [0.1, 0.15) is 51.6 Å². The number of nitrogens with one attached hydrogen (secondary N) is 1. The lowest BCUT2D eigenvalue weighted by molar-refractivity contribution is -0.203. The van der Waals surface area contributed by atoms with Crippen molar-refractivity contribution >= 4 is 16.7 Å². The van der Waals surface area contributed by atoms with Gasteiger partial charge in [0.05, 0.1) is 6.61 Å². The highest BCUT2D eigenvalue weighted by atomic mass is 19.4. The monoisotopic (exact) mass is 394 g/mol. The van der Waals surface area contributed by atoms with Crippen LogP contribution >= 0.6 is 0 Å². The number of unbranched alkanes of at least 4 members (excludes halogenated alkanes) is 1. The number of ether oxygens (including phenoxy) is 1. The Hall–Kier alpha value is -2.28. The predicted molar refractivity (Wildman–Crippen MR) is 102 cm³/mol. The van der Waals surface area contributed by atoms with Gasteiger partial charge in [0, 0.05) is 12.0 Å². The van der Waals surface area contributed by atoms with E-state index < -0.39 is 23.7 Å². The Morgan fingerprint density at radius 2 is 2.00 bits per heavy atom. The summed E-state index contributed by atoms with van der Waals surface area (Å²) in [5.41, 5.74) is 1.55. The SMILES string of the molecule is CCCCOc1ccc2cccc([C@H](N3NC(=O)CC3(C)C)C(F)(F)F)c2c1. The summed E-state index contributed by atoms with van der Waals surface area (Å²) in [7, 11) is 0. The van der Waals surface area contributed by atoms with Crippen LogP contribution in [0.3, 0.4) is 0 Å². The first-order valence-electron chi connectivity index (χ1n) is 9.44. The van der Waals surface area contributed by atoms with Crippen LogP contribution in [0.4, 0.5) is 13.2 Å². The number of hydrogen-bond donors (Lipinski definition) is 1. The van der Waals surface area contributed by atoms with Gasteiger partial charge in [-0.1, -0.05) is 37.6 Å². The maximum absolute atomic E-state index is 14.2. The van der Waals surface area contributed by atoms with Crippen LogP contribution in [0, 0.1) is 0 Å². The number of nitrogens with zero attached hydrogens (tertiary/aromatic N) is 1. The van der Waals surface area contributed by atoms with Gasteiger partial charge in [-0.3, -0.25) is 10.2 Å². The molecule has 1 saturated heterocycles. The van der Waals surface area contributed by atoms with Crippen LogP contribution < -0.4 is 10.2 Å². The fourth-order valence-electron chi connectivity index (χ4n) is 3.62. The van der Waals surface area contributed by atoms with Crippen LogP contribution in [-0.4, -0.2) is 29.2 Å². The summed E-state index contributed by atoms with van der Waals surface area (Å²) in [6.45, 7) is 5.83. The molecular formula is C21H25F3N2O2. The lowest BCUT2D eigenvalue weighted by Gasteiger charge is -2.38. The fourth-order valence-corrected chi connectivity index (χ4v) is 3.62. The molecule has 2 aromatic rings. The van der Waals surface area contributed by atoms with Crippen molar-refractivity contribution in [2.24, 2.45) is 0 Å². The highest BCUT2D eigenvalue weighted by Gasteiger charge is 2.53. The first-order chi connectivity index (χ1) is 13.1. The summed E-state index contributed by atoms with van der Waals surface area (Å²) < 4.78 is 48.2. The van der Waals surface area contributed by atoms with Crippen molar-refractivity contribution < 1.29 is 22.7 Å². The van der Waals surface area contributed by atoms with Crippen molar-refractivity contribution in [3.63, 3.8) is 0 Å². The molecule has 1 aliphatic rings.